The number of aromatic amines is 1. The van der Waals surface area contributed by atoms with E-state index in [1.807, 2.05) is 20.8 Å². The van der Waals surface area contributed by atoms with Crippen LogP contribution in [-0.4, -0.2) is 38.9 Å². The largest absolute Gasteiger partial charge is 0.444 e. The lowest BCUT2D eigenvalue weighted by atomic mass is 9.80. The smallest absolute Gasteiger partial charge is 0.407 e. The molecule has 0 aromatic carbocycles. The molecule has 2 N–H and O–H groups in total. The third-order valence-electron chi connectivity index (χ3n) is 3.76. The summed E-state index contributed by atoms with van der Waals surface area (Å²) in [7, 11) is 0. The highest BCUT2D eigenvalue weighted by molar-refractivity contribution is 5.67. The van der Waals surface area contributed by atoms with E-state index in [2.05, 4.69) is 25.9 Å². The van der Waals surface area contributed by atoms with Gasteiger partial charge in [0.1, 0.15) is 5.60 Å². The van der Waals surface area contributed by atoms with Crippen molar-refractivity contribution < 1.29 is 9.53 Å². The quantitative estimate of drug-likeness (QED) is 0.887. The number of carbonyl (C=O) groups excluding carboxylic acids is 1. The number of alkyl carbamates (subject to hydrolysis) is 1. The fourth-order valence-corrected chi connectivity index (χ4v) is 2.71. The summed E-state index contributed by atoms with van der Waals surface area (Å²) in [6, 6.07) is 0. The van der Waals surface area contributed by atoms with Gasteiger partial charge >= 0.3 is 6.09 Å². The molecule has 1 heterocycles. The summed E-state index contributed by atoms with van der Waals surface area (Å²) in [5, 5.41) is 16.9. The maximum Gasteiger partial charge on any atom is 0.407 e. The van der Waals surface area contributed by atoms with Crippen molar-refractivity contribution in [2.24, 2.45) is 11.8 Å². The maximum absolute atomic E-state index is 11.6. The van der Waals surface area contributed by atoms with Crippen LogP contribution in [0.25, 0.3) is 0 Å². The molecular weight excluding hydrogens is 270 g/mol. The third-order valence-corrected chi connectivity index (χ3v) is 3.76. The summed E-state index contributed by atoms with van der Waals surface area (Å²) < 4.78 is 5.24. The number of nitrogens with one attached hydrogen (secondary N) is 2. The van der Waals surface area contributed by atoms with Crippen LogP contribution < -0.4 is 5.32 Å². The predicted octanol–water partition coefficient (Wildman–Crippen LogP) is 2.07. The number of ether oxygens (including phenoxy) is 1. The molecular formula is C14H25N5O2. The van der Waals surface area contributed by atoms with Crippen molar-refractivity contribution in [2.75, 3.05) is 6.54 Å². The summed E-state index contributed by atoms with van der Waals surface area (Å²) in [5.41, 5.74) is -0.438. The van der Waals surface area contributed by atoms with E-state index in [1.165, 1.54) is 0 Å². The second-order valence-corrected chi connectivity index (χ2v) is 6.80. The second-order valence-electron chi connectivity index (χ2n) is 6.80. The van der Waals surface area contributed by atoms with Crippen LogP contribution in [0.2, 0.25) is 0 Å². The Kier molecular flexibility index (Phi) is 5.14. The minimum Gasteiger partial charge on any atom is -0.444 e. The van der Waals surface area contributed by atoms with Gasteiger partial charge in [0.05, 0.1) is 0 Å². The maximum atomic E-state index is 11.6. The van der Waals surface area contributed by atoms with Gasteiger partial charge in [0.15, 0.2) is 5.82 Å². The SMILES string of the molecule is CC(C)(C)OC(=O)NCC1CCC(Cc2nn[nH]n2)CC1. The van der Waals surface area contributed by atoms with Gasteiger partial charge in [-0.1, -0.05) is 5.21 Å². The highest BCUT2D eigenvalue weighted by Crippen LogP contribution is 2.30. The number of hydrogen-bond donors (Lipinski definition) is 2. The van der Waals surface area contributed by atoms with Crippen molar-refractivity contribution in [3.8, 4) is 0 Å². The Hall–Kier alpha value is -1.66. The Morgan fingerprint density at radius 3 is 2.52 bits per heavy atom. The first-order valence-corrected chi connectivity index (χ1v) is 7.61. The molecule has 0 saturated heterocycles. The molecule has 1 aliphatic carbocycles. The van der Waals surface area contributed by atoms with E-state index in [1.54, 1.807) is 0 Å². The summed E-state index contributed by atoms with van der Waals surface area (Å²) in [5.74, 6) is 1.96. The van der Waals surface area contributed by atoms with Gasteiger partial charge in [0.25, 0.3) is 0 Å². The molecule has 1 aromatic heterocycles. The standard InChI is InChI=1S/C14H25N5O2/c1-14(2,3)21-13(20)15-9-11-6-4-10(5-7-11)8-12-16-18-19-17-12/h10-11H,4-9H2,1-3H3,(H,15,20)(H,16,17,18,19). The van der Waals surface area contributed by atoms with Crippen molar-refractivity contribution in [1.82, 2.24) is 25.9 Å². The van der Waals surface area contributed by atoms with Gasteiger partial charge in [-0.3, -0.25) is 0 Å². The van der Waals surface area contributed by atoms with E-state index in [9.17, 15) is 4.79 Å². The Labute approximate surface area is 125 Å². The van der Waals surface area contributed by atoms with Gasteiger partial charge in [-0.25, -0.2) is 4.79 Å². The zero-order valence-corrected chi connectivity index (χ0v) is 13.1. The predicted molar refractivity (Wildman–Crippen MR) is 77.6 cm³/mol. The Morgan fingerprint density at radius 2 is 1.95 bits per heavy atom. The summed E-state index contributed by atoms with van der Waals surface area (Å²) in [4.78, 5) is 11.6. The second kappa shape index (κ2) is 6.87. The molecule has 1 saturated carbocycles. The minimum atomic E-state index is -0.438. The molecule has 118 valence electrons. The lowest BCUT2D eigenvalue weighted by Crippen LogP contribution is -2.36. The molecule has 0 atom stereocenters. The number of rotatable bonds is 4. The molecule has 2 rings (SSSR count). The fraction of sp³-hybridized carbons (Fsp3) is 0.857. The Morgan fingerprint density at radius 1 is 1.29 bits per heavy atom. The van der Waals surface area contributed by atoms with E-state index in [-0.39, 0.29) is 6.09 Å². The highest BCUT2D eigenvalue weighted by Gasteiger charge is 2.23. The third kappa shape index (κ3) is 5.69. The van der Waals surface area contributed by atoms with Crippen LogP contribution in [0, 0.1) is 11.8 Å². The van der Waals surface area contributed by atoms with Gasteiger partial charge in [0.2, 0.25) is 0 Å². The van der Waals surface area contributed by atoms with Crippen LogP contribution in [0.1, 0.15) is 52.3 Å². The van der Waals surface area contributed by atoms with Crippen LogP contribution in [0.3, 0.4) is 0 Å². The minimum absolute atomic E-state index is 0.323. The number of tetrazole rings is 1. The summed E-state index contributed by atoms with van der Waals surface area (Å²) >= 11 is 0. The monoisotopic (exact) mass is 295 g/mol. The van der Waals surface area contributed by atoms with Crippen molar-refractivity contribution in [1.29, 1.82) is 0 Å². The molecule has 1 fully saturated rings. The molecule has 1 aliphatic rings. The number of hydrogen-bond acceptors (Lipinski definition) is 5. The average Bonchev–Trinajstić information content (AvgIpc) is 2.89. The zero-order valence-electron chi connectivity index (χ0n) is 13.1. The van der Waals surface area contributed by atoms with E-state index < -0.39 is 5.60 Å². The molecule has 1 aromatic rings. The fourth-order valence-electron chi connectivity index (χ4n) is 2.71. The van der Waals surface area contributed by atoms with E-state index in [0.717, 1.165) is 37.9 Å². The van der Waals surface area contributed by atoms with Crippen LogP contribution in [0.15, 0.2) is 0 Å². The van der Waals surface area contributed by atoms with Crippen LogP contribution in [0.5, 0.6) is 0 Å². The van der Waals surface area contributed by atoms with Crippen molar-refractivity contribution in [3.63, 3.8) is 0 Å². The molecule has 7 heteroatoms. The number of aromatic nitrogens is 4. The zero-order chi connectivity index (χ0) is 15.3. The van der Waals surface area contributed by atoms with Crippen molar-refractivity contribution >= 4 is 6.09 Å². The first-order chi connectivity index (χ1) is 9.92. The van der Waals surface area contributed by atoms with Gasteiger partial charge in [0, 0.05) is 13.0 Å². The number of carbonyl (C=O) groups is 1. The highest BCUT2D eigenvalue weighted by atomic mass is 16.6. The number of amides is 1. The molecule has 0 aliphatic heterocycles. The lowest BCUT2D eigenvalue weighted by Gasteiger charge is -2.28. The molecule has 0 radical (unpaired) electrons. The van der Waals surface area contributed by atoms with Gasteiger partial charge in [-0.15, -0.1) is 10.2 Å². The van der Waals surface area contributed by atoms with E-state index in [4.69, 9.17) is 4.74 Å². The van der Waals surface area contributed by atoms with Gasteiger partial charge < -0.3 is 10.1 Å². The van der Waals surface area contributed by atoms with E-state index in [0.29, 0.717) is 18.4 Å². The Balaban J connectivity index is 1.64. The van der Waals surface area contributed by atoms with Crippen molar-refractivity contribution in [3.05, 3.63) is 5.82 Å². The molecule has 0 spiro atoms. The van der Waals surface area contributed by atoms with Crippen molar-refractivity contribution in [2.45, 2.75) is 58.5 Å². The van der Waals surface area contributed by atoms with E-state index >= 15 is 0 Å². The summed E-state index contributed by atoms with van der Waals surface area (Å²) in [6.07, 6.45) is 5.11. The molecule has 1 amide bonds. The van der Waals surface area contributed by atoms with Gasteiger partial charge in [-0.05, 0) is 58.3 Å². The molecule has 7 nitrogen and oxygen atoms in total. The number of H-pyrrole nitrogens is 1. The normalized spacial score (nSPS) is 22.8. The average molecular weight is 295 g/mol. The topological polar surface area (TPSA) is 92.8 Å². The number of nitrogens with zero attached hydrogens (tertiary/aromatic N) is 3. The van der Waals surface area contributed by atoms with Gasteiger partial charge in [-0.2, -0.15) is 5.21 Å². The lowest BCUT2D eigenvalue weighted by molar-refractivity contribution is 0.0513. The first kappa shape index (κ1) is 15.7. The summed E-state index contributed by atoms with van der Waals surface area (Å²) in [6.45, 7) is 6.31. The van der Waals surface area contributed by atoms with Crippen LogP contribution >= 0.6 is 0 Å². The Bertz CT molecular complexity index is 433. The molecule has 0 unspecified atom stereocenters. The van der Waals surface area contributed by atoms with Crippen LogP contribution in [0.4, 0.5) is 4.79 Å². The van der Waals surface area contributed by atoms with Crippen LogP contribution in [-0.2, 0) is 11.2 Å². The first-order valence-electron chi connectivity index (χ1n) is 7.61. The molecule has 0 bridgehead atoms. The molecule has 21 heavy (non-hydrogen) atoms.